The van der Waals surface area contributed by atoms with Crippen molar-refractivity contribution in [2.75, 3.05) is 13.7 Å². The van der Waals surface area contributed by atoms with Gasteiger partial charge in [0.2, 0.25) is 0 Å². The lowest BCUT2D eigenvalue weighted by atomic mass is 10.1. The Hall–Kier alpha value is -1.81. The summed E-state index contributed by atoms with van der Waals surface area (Å²) in [6.07, 6.45) is 4.86. The third-order valence-corrected chi connectivity index (χ3v) is 2.65. The zero-order chi connectivity index (χ0) is 12.1. The Morgan fingerprint density at radius 1 is 1.24 bits per heavy atom. The maximum absolute atomic E-state index is 5.47. The van der Waals surface area contributed by atoms with Gasteiger partial charge in [-0.3, -0.25) is 4.68 Å². The number of ether oxygens (including phenoxy) is 1. The molecule has 90 valence electrons. The maximum Gasteiger partial charge on any atom is 0.118 e. The van der Waals surface area contributed by atoms with Crippen LogP contribution in [0.25, 0.3) is 11.1 Å². The van der Waals surface area contributed by atoms with Crippen LogP contribution in [0.2, 0.25) is 0 Å². The molecule has 1 aromatic carbocycles. The van der Waals surface area contributed by atoms with E-state index in [1.165, 1.54) is 0 Å². The molecule has 0 bridgehead atoms. The fraction of sp³-hybridized carbons (Fsp3) is 0.308. The molecule has 0 radical (unpaired) electrons. The van der Waals surface area contributed by atoms with Crippen LogP contribution < -0.4 is 10.5 Å². The predicted octanol–water partition coefficient (Wildman–Crippen LogP) is 1.91. The Bertz CT molecular complexity index is 462. The molecule has 4 nitrogen and oxygen atoms in total. The van der Waals surface area contributed by atoms with E-state index in [1.54, 1.807) is 7.11 Å². The van der Waals surface area contributed by atoms with Gasteiger partial charge in [-0.1, -0.05) is 12.1 Å². The second-order valence-electron chi connectivity index (χ2n) is 3.86. The van der Waals surface area contributed by atoms with Crippen LogP contribution in [0.1, 0.15) is 6.42 Å². The highest BCUT2D eigenvalue weighted by Crippen LogP contribution is 2.21. The fourth-order valence-electron chi connectivity index (χ4n) is 1.67. The summed E-state index contributed by atoms with van der Waals surface area (Å²) >= 11 is 0. The standard InChI is InChI=1S/C13H17N3O/c1-17-13-5-3-11(4-6-13)12-9-15-16(10-12)8-2-7-14/h3-6,9-10H,2,7-8,14H2,1H3. The number of aryl methyl sites for hydroxylation is 1. The van der Waals surface area contributed by atoms with Crippen LogP contribution in [0.4, 0.5) is 0 Å². The first-order valence-electron chi connectivity index (χ1n) is 5.70. The molecular weight excluding hydrogens is 214 g/mol. The van der Waals surface area contributed by atoms with Crippen molar-refractivity contribution >= 4 is 0 Å². The third-order valence-electron chi connectivity index (χ3n) is 2.65. The lowest BCUT2D eigenvalue weighted by Gasteiger charge is -2.01. The Labute approximate surface area is 101 Å². The van der Waals surface area contributed by atoms with Gasteiger partial charge in [-0.25, -0.2) is 0 Å². The van der Waals surface area contributed by atoms with E-state index in [0.29, 0.717) is 6.54 Å². The van der Waals surface area contributed by atoms with Crippen molar-refractivity contribution in [2.24, 2.45) is 5.73 Å². The average molecular weight is 231 g/mol. The third kappa shape index (κ3) is 2.85. The van der Waals surface area contributed by atoms with Crippen LogP contribution >= 0.6 is 0 Å². The first-order chi connectivity index (χ1) is 8.33. The summed E-state index contributed by atoms with van der Waals surface area (Å²) in [6, 6.07) is 7.96. The Morgan fingerprint density at radius 2 is 2.00 bits per heavy atom. The number of methoxy groups -OCH3 is 1. The van der Waals surface area contributed by atoms with Crippen molar-refractivity contribution in [1.29, 1.82) is 0 Å². The van der Waals surface area contributed by atoms with E-state index < -0.39 is 0 Å². The van der Waals surface area contributed by atoms with Gasteiger partial charge in [0.1, 0.15) is 5.75 Å². The van der Waals surface area contributed by atoms with E-state index in [9.17, 15) is 0 Å². The normalized spacial score (nSPS) is 10.5. The summed E-state index contributed by atoms with van der Waals surface area (Å²) in [5.41, 5.74) is 7.73. The summed E-state index contributed by atoms with van der Waals surface area (Å²) < 4.78 is 7.05. The average Bonchev–Trinajstić information content (AvgIpc) is 2.85. The summed E-state index contributed by atoms with van der Waals surface area (Å²) in [7, 11) is 1.67. The molecule has 0 atom stereocenters. The number of rotatable bonds is 5. The Morgan fingerprint density at radius 3 is 2.65 bits per heavy atom. The van der Waals surface area contributed by atoms with Crippen molar-refractivity contribution in [1.82, 2.24) is 9.78 Å². The van der Waals surface area contributed by atoms with Gasteiger partial charge >= 0.3 is 0 Å². The SMILES string of the molecule is COc1ccc(-c2cnn(CCCN)c2)cc1. The van der Waals surface area contributed by atoms with E-state index in [2.05, 4.69) is 5.10 Å². The largest absolute Gasteiger partial charge is 0.497 e. The second-order valence-corrected chi connectivity index (χ2v) is 3.86. The molecule has 1 aromatic heterocycles. The first kappa shape index (κ1) is 11.7. The summed E-state index contributed by atoms with van der Waals surface area (Å²) in [5.74, 6) is 0.865. The molecule has 0 saturated heterocycles. The van der Waals surface area contributed by atoms with E-state index in [-0.39, 0.29) is 0 Å². The smallest absolute Gasteiger partial charge is 0.118 e. The minimum Gasteiger partial charge on any atom is -0.497 e. The molecule has 0 aliphatic heterocycles. The lowest BCUT2D eigenvalue weighted by molar-refractivity contribution is 0.415. The van der Waals surface area contributed by atoms with Gasteiger partial charge in [0.15, 0.2) is 0 Å². The number of hydrogen-bond donors (Lipinski definition) is 1. The van der Waals surface area contributed by atoms with Crippen molar-refractivity contribution in [3.63, 3.8) is 0 Å². The van der Waals surface area contributed by atoms with Gasteiger partial charge in [0.05, 0.1) is 13.3 Å². The van der Waals surface area contributed by atoms with Crippen LogP contribution in [0, 0.1) is 0 Å². The van der Waals surface area contributed by atoms with Gasteiger partial charge in [0, 0.05) is 18.3 Å². The van der Waals surface area contributed by atoms with Crippen molar-refractivity contribution in [3.05, 3.63) is 36.7 Å². The van der Waals surface area contributed by atoms with E-state index in [0.717, 1.165) is 29.8 Å². The minimum absolute atomic E-state index is 0.692. The summed E-state index contributed by atoms with van der Waals surface area (Å²) in [4.78, 5) is 0. The van der Waals surface area contributed by atoms with Gasteiger partial charge < -0.3 is 10.5 Å². The van der Waals surface area contributed by atoms with Crippen LogP contribution in [0.5, 0.6) is 5.75 Å². The highest BCUT2D eigenvalue weighted by atomic mass is 16.5. The topological polar surface area (TPSA) is 53.1 Å². The van der Waals surface area contributed by atoms with Crippen molar-refractivity contribution in [3.8, 4) is 16.9 Å². The lowest BCUT2D eigenvalue weighted by Crippen LogP contribution is -2.05. The highest BCUT2D eigenvalue weighted by molar-refractivity contribution is 5.62. The molecule has 0 fully saturated rings. The Kier molecular flexibility index (Phi) is 3.77. The van der Waals surface area contributed by atoms with E-state index in [4.69, 9.17) is 10.5 Å². The maximum atomic E-state index is 5.47. The predicted molar refractivity (Wildman–Crippen MR) is 67.9 cm³/mol. The molecule has 0 unspecified atom stereocenters. The van der Waals surface area contributed by atoms with Crippen LogP contribution in [-0.4, -0.2) is 23.4 Å². The van der Waals surface area contributed by atoms with Crippen molar-refractivity contribution < 1.29 is 4.74 Å². The van der Waals surface area contributed by atoms with Crippen LogP contribution in [0.3, 0.4) is 0 Å². The molecule has 2 rings (SSSR count). The monoisotopic (exact) mass is 231 g/mol. The van der Waals surface area contributed by atoms with Gasteiger partial charge in [-0.2, -0.15) is 5.10 Å². The van der Waals surface area contributed by atoms with E-state index >= 15 is 0 Å². The zero-order valence-corrected chi connectivity index (χ0v) is 9.97. The molecule has 4 heteroatoms. The molecule has 2 N–H and O–H groups in total. The molecular formula is C13H17N3O. The van der Waals surface area contributed by atoms with Crippen molar-refractivity contribution in [2.45, 2.75) is 13.0 Å². The number of benzene rings is 1. The molecule has 0 amide bonds. The highest BCUT2D eigenvalue weighted by Gasteiger charge is 2.01. The van der Waals surface area contributed by atoms with Gasteiger partial charge in [-0.05, 0) is 30.7 Å². The molecule has 2 aromatic rings. The van der Waals surface area contributed by atoms with E-state index in [1.807, 2.05) is 41.3 Å². The van der Waals surface area contributed by atoms with Crippen LogP contribution in [0.15, 0.2) is 36.7 Å². The summed E-state index contributed by atoms with van der Waals surface area (Å²) in [6.45, 7) is 1.56. The number of hydrogen-bond acceptors (Lipinski definition) is 3. The minimum atomic E-state index is 0.692. The van der Waals surface area contributed by atoms with Gasteiger partial charge in [0.25, 0.3) is 0 Å². The zero-order valence-electron chi connectivity index (χ0n) is 9.97. The molecule has 1 heterocycles. The number of nitrogens with two attached hydrogens (primary N) is 1. The first-order valence-corrected chi connectivity index (χ1v) is 5.70. The summed E-state index contributed by atoms with van der Waals surface area (Å²) in [5, 5.41) is 4.30. The van der Waals surface area contributed by atoms with Crippen LogP contribution in [-0.2, 0) is 6.54 Å². The molecule has 17 heavy (non-hydrogen) atoms. The Balaban J connectivity index is 2.12. The molecule has 0 spiro atoms. The molecule has 0 aliphatic carbocycles. The quantitative estimate of drug-likeness (QED) is 0.855. The number of aromatic nitrogens is 2. The molecule has 0 saturated carbocycles. The number of nitrogens with zero attached hydrogens (tertiary/aromatic N) is 2. The molecule has 0 aliphatic rings. The fourth-order valence-corrected chi connectivity index (χ4v) is 1.67. The second kappa shape index (κ2) is 5.50. The van der Waals surface area contributed by atoms with Gasteiger partial charge in [-0.15, -0.1) is 0 Å².